The SMILES string of the molecule is CC(C)[C@@H](NC(=O)[C@H]1CCCO1)c1ccccn1. The van der Waals surface area contributed by atoms with Crippen LogP contribution in [0.5, 0.6) is 0 Å². The van der Waals surface area contributed by atoms with Gasteiger partial charge >= 0.3 is 0 Å². The lowest BCUT2D eigenvalue weighted by molar-refractivity contribution is -0.131. The van der Waals surface area contributed by atoms with Gasteiger partial charge in [0.1, 0.15) is 6.10 Å². The standard InChI is InChI=1S/C14H20N2O2/c1-10(2)13(11-6-3-4-8-15-11)16-14(17)12-7-5-9-18-12/h3-4,6,8,10,12-13H,5,7,9H2,1-2H3,(H,16,17)/t12-,13-/m1/s1. The van der Waals surface area contributed by atoms with E-state index in [2.05, 4.69) is 24.1 Å². The second kappa shape index (κ2) is 5.96. The number of rotatable bonds is 4. The minimum absolute atomic E-state index is 0.0168. The summed E-state index contributed by atoms with van der Waals surface area (Å²) >= 11 is 0. The van der Waals surface area contributed by atoms with Crippen molar-refractivity contribution in [2.75, 3.05) is 6.61 Å². The molecule has 1 N–H and O–H groups in total. The Balaban J connectivity index is 2.05. The van der Waals surface area contributed by atoms with Gasteiger partial charge in [0.15, 0.2) is 0 Å². The maximum atomic E-state index is 12.1. The van der Waals surface area contributed by atoms with Crippen molar-refractivity contribution in [2.24, 2.45) is 5.92 Å². The largest absolute Gasteiger partial charge is 0.368 e. The predicted octanol–water partition coefficient (Wildman–Crippen LogP) is 2.07. The Morgan fingerprint density at radius 3 is 2.89 bits per heavy atom. The van der Waals surface area contributed by atoms with Crippen molar-refractivity contribution in [3.63, 3.8) is 0 Å². The molecule has 0 bridgehead atoms. The smallest absolute Gasteiger partial charge is 0.249 e. The van der Waals surface area contributed by atoms with Crippen LogP contribution in [0.25, 0.3) is 0 Å². The molecule has 18 heavy (non-hydrogen) atoms. The van der Waals surface area contributed by atoms with Crippen LogP contribution in [0.3, 0.4) is 0 Å². The molecule has 1 fully saturated rings. The van der Waals surface area contributed by atoms with Crippen LogP contribution in [-0.4, -0.2) is 23.6 Å². The molecular formula is C14H20N2O2. The number of nitrogens with zero attached hydrogens (tertiary/aromatic N) is 1. The van der Waals surface area contributed by atoms with Crippen molar-refractivity contribution >= 4 is 5.91 Å². The topological polar surface area (TPSA) is 51.2 Å². The highest BCUT2D eigenvalue weighted by molar-refractivity contribution is 5.81. The zero-order valence-corrected chi connectivity index (χ0v) is 10.9. The number of pyridine rings is 1. The molecule has 0 saturated carbocycles. The Hall–Kier alpha value is -1.42. The van der Waals surface area contributed by atoms with E-state index in [1.54, 1.807) is 6.20 Å². The lowest BCUT2D eigenvalue weighted by Crippen LogP contribution is -2.39. The molecule has 0 unspecified atom stereocenters. The molecule has 1 aliphatic rings. The van der Waals surface area contributed by atoms with Crippen molar-refractivity contribution in [3.05, 3.63) is 30.1 Å². The first kappa shape index (κ1) is 13.0. The van der Waals surface area contributed by atoms with Crippen LogP contribution >= 0.6 is 0 Å². The summed E-state index contributed by atoms with van der Waals surface area (Å²) in [5.74, 6) is 0.280. The van der Waals surface area contributed by atoms with Gasteiger partial charge in [0.2, 0.25) is 5.91 Å². The van der Waals surface area contributed by atoms with E-state index in [-0.39, 0.29) is 18.1 Å². The Kier molecular flexibility index (Phi) is 4.31. The van der Waals surface area contributed by atoms with Crippen LogP contribution in [0, 0.1) is 5.92 Å². The summed E-state index contributed by atoms with van der Waals surface area (Å²) in [6.07, 6.45) is 3.26. The molecule has 1 saturated heterocycles. The normalized spacial score (nSPS) is 20.9. The summed E-state index contributed by atoms with van der Waals surface area (Å²) in [6.45, 7) is 4.85. The van der Waals surface area contributed by atoms with Crippen molar-refractivity contribution in [1.29, 1.82) is 0 Å². The molecule has 1 aromatic heterocycles. The molecule has 1 aromatic rings. The van der Waals surface area contributed by atoms with Gasteiger partial charge in [-0.05, 0) is 30.9 Å². The third-order valence-electron chi connectivity index (χ3n) is 3.19. The van der Waals surface area contributed by atoms with Gasteiger partial charge in [-0.1, -0.05) is 19.9 Å². The molecule has 4 nitrogen and oxygen atoms in total. The van der Waals surface area contributed by atoms with Gasteiger partial charge in [-0.3, -0.25) is 9.78 Å². The summed E-state index contributed by atoms with van der Waals surface area (Å²) < 4.78 is 5.40. The Morgan fingerprint density at radius 2 is 2.33 bits per heavy atom. The van der Waals surface area contributed by atoms with E-state index in [9.17, 15) is 4.79 Å². The van der Waals surface area contributed by atoms with Crippen LogP contribution in [-0.2, 0) is 9.53 Å². The van der Waals surface area contributed by atoms with Crippen LogP contribution < -0.4 is 5.32 Å². The molecule has 1 amide bonds. The number of amides is 1. The number of carbonyl (C=O) groups is 1. The van der Waals surface area contributed by atoms with Gasteiger partial charge in [0.25, 0.3) is 0 Å². The van der Waals surface area contributed by atoms with Gasteiger partial charge in [-0.25, -0.2) is 0 Å². The third-order valence-corrected chi connectivity index (χ3v) is 3.19. The molecule has 2 heterocycles. The zero-order valence-electron chi connectivity index (χ0n) is 10.9. The third kappa shape index (κ3) is 3.07. The summed E-state index contributed by atoms with van der Waals surface area (Å²) in [5, 5.41) is 3.05. The summed E-state index contributed by atoms with van der Waals surface area (Å²) in [6, 6.07) is 5.71. The highest BCUT2D eigenvalue weighted by Gasteiger charge is 2.27. The second-order valence-electron chi connectivity index (χ2n) is 4.99. The predicted molar refractivity (Wildman–Crippen MR) is 68.9 cm³/mol. The number of nitrogens with one attached hydrogen (secondary N) is 1. The van der Waals surface area contributed by atoms with E-state index in [0.717, 1.165) is 18.5 Å². The quantitative estimate of drug-likeness (QED) is 0.887. The average molecular weight is 248 g/mol. The first-order chi connectivity index (χ1) is 8.68. The summed E-state index contributed by atoms with van der Waals surface area (Å²) in [7, 11) is 0. The number of ether oxygens (including phenoxy) is 1. The van der Waals surface area contributed by atoms with E-state index in [1.807, 2.05) is 18.2 Å². The Morgan fingerprint density at radius 1 is 1.50 bits per heavy atom. The molecule has 0 radical (unpaired) electrons. The number of aromatic nitrogens is 1. The average Bonchev–Trinajstić information content (AvgIpc) is 2.90. The molecule has 2 rings (SSSR count). The number of hydrogen-bond acceptors (Lipinski definition) is 3. The molecule has 4 heteroatoms. The monoisotopic (exact) mass is 248 g/mol. The molecule has 2 atom stereocenters. The lowest BCUT2D eigenvalue weighted by Gasteiger charge is -2.23. The molecule has 0 aromatic carbocycles. The highest BCUT2D eigenvalue weighted by atomic mass is 16.5. The van der Waals surface area contributed by atoms with Gasteiger partial charge < -0.3 is 10.1 Å². The zero-order chi connectivity index (χ0) is 13.0. The number of carbonyl (C=O) groups excluding carboxylic acids is 1. The van der Waals surface area contributed by atoms with Crippen LogP contribution in [0.4, 0.5) is 0 Å². The summed E-state index contributed by atoms with van der Waals surface area (Å²) in [5.41, 5.74) is 0.902. The summed E-state index contributed by atoms with van der Waals surface area (Å²) in [4.78, 5) is 16.4. The van der Waals surface area contributed by atoms with Crippen molar-refractivity contribution in [3.8, 4) is 0 Å². The maximum Gasteiger partial charge on any atom is 0.249 e. The number of hydrogen-bond donors (Lipinski definition) is 1. The van der Waals surface area contributed by atoms with E-state index >= 15 is 0 Å². The van der Waals surface area contributed by atoms with Gasteiger partial charge in [-0.2, -0.15) is 0 Å². The minimum Gasteiger partial charge on any atom is -0.368 e. The Bertz CT molecular complexity index is 386. The van der Waals surface area contributed by atoms with Crippen LogP contribution in [0.15, 0.2) is 24.4 Å². The fraction of sp³-hybridized carbons (Fsp3) is 0.571. The fourth-order valence-electron chi connectivity index (χ4n) is 2.17. The molecular weight excluding hydrogens is 228 g/mol. The van der Waals surface area contributed by atoms with Crippen molar-refractivity contribution < 1.29 is 9.53 Å². The van der Waals surface area contributed by atoms with Crippen LogP contribution in [0.2, 0.25) is 0 Å². The molecule has 0 aliphatic carbocycles. The molecule has 98 valence electrons. The van der Waals surface area contributed by atoms with Gasteiger partial charge in [0, 0.05) is 12.8 Å². The van der Waals surface area contributed by atoms with Gasteiger partial charge in [0.05, 0.1) is 11.7 Å². The van der Waals surface area contributed by atoms with E-state index < -0.39 is 0 Å². The molecule has 1 aliphatic heterocycles. The highest BCUT2D eigenvalue weighted by Crippen LogP contribution is 2.21. The van der Waals surface area contributed by atoms with Crippen LogP contribution in [0.1, 0.15) is 38.4 Å². The van der Waals surface area contributed by atoms with Crippen molar-refractivity contribution in [2.45, 2.75) is 38.8 Å². The van der Waals surface area contributed by atoms with Gasteiger partial charge in [-0.15, -0.1) is 0 Å². The van der Waals surface area contributed by atoms with E-state index in [0.29, 0.717) is 12.5 Å². The lowest BCUT2D eigenvalue weighted by atomic mass is 10.00. The maximum absolute atomic E-state index is 12.1. The minimum atomic E-state index is -0.282. The molecule has 0 spiro atoms. The first-order valence-corrected chi connectivity index (χ1v) is 6.51. The first-order valence-electron chi connectivity index (χ1n) is 6.51. The fourth-order valence-corrected chi connectivity index (χ4v) is 2.17. The Labute approximate surface area is 108 Å². The second-order valence-corrected chi connectivity index (χ2v) is 4.99. The van der Waals surface area contributed by atoms with Crippen molar-refractivity contribution in [1.82, 2.24) is 10.3 Å². The van der Waals surface area contributed by atoms with E-state index in [4.69, 9.17) is 4.74 Å². The van der Waals surface area contributed by atoms with E-state index in [1.165, 1.54) is 0 Å².